The molecule has 0 bridgehead atoms. The fourth-order valence-electron chi connectivity index (χ4n) is 1.89. The second-order valence-corrected chi connectivity index (χ2v) is 5.17. The topological polar surface area (TPSA) is 45.2 Å². The number of rotatable bonds is 7. The third-order valence-electron chi connectivity index (χ3n) is 3.28. The van der Waals surface area contributed by atoms with Crippen LogP contribution >= 0.6 is 0 Å². The maximum absolute atomic E-state index is 12.1. The van der Waals surface area contributed by atoms with Gasteiger partial charge in [-0.2, -0.15) is 0 Å². The number of hydrogen-bond donors (Lipinski definition) is 1. The second-order valence-electron chi connectivity index (χ2n) is 5.17. The van der Waals surface area contributed by atoms with Gasteiger partial charge in [0.1, 0.15) is 0 Å². The molecule has 1 N–H and O–H groups in total. The summed E-state index contributed by atoms with van der Waals surface area (Å²) in [6.45, 7) is 7.15. The molecule has 1 heterocycles. The quantitative estimate of drug-likeness (QED) is 0.768. The fraction of sp³-hybridized carbons (Fsp3) is 0.600. The van der Waals surface area contributed by atoms with Gasteiger partial charge in [-0.05, 0) is 37.6 Å². The summed E-state index contributed by atoms with van der Waals surface area (Å²) in [5.74, 6) is 0.190. The highest BCUT2D eigenvalue weighted by molar-refractivity contribution is 5.76. The van der Waals surface area contributed by atoms with Crippen molar-refractivity contribution in [3.63, 3.8) is 0 Å². The Balaban J connectivity index is 2.40. The molecular weight excluding hydrogens is 238 g/mol. The van der Waals surface area contributed by atoms with Crippen molar-refractivity contribution in [1.29, 1.82) is 0 Å². The van der Waals surface area contributed by atoms with E-state index in [9.17, 15) is 4.79 Å². The average molecular weight is 263 g/mol. The lowest BCUT2D eigenvalue weighted by Crippen LogP contribution is -2.31. The molecule has 1 rings (SSSR count). The molecule has 0 aliphatic heterocycles. The summed E-state index contributed by atoms with van der Waals surface area (Å²) >= 11 is 0. The summed E-state index contributed by atoms with van der Waals surface area (Å²) in [5.41, 5.74) is 1.12. The van der Waals surface area contributed by atoms with Crippen molar-refractivity contribution in [1.82, 2.24) is 15.2 Å². The highest BCUT2D eigenvalue weighted by Gasteiger charge is 2.16. The Hall–Kier alpha value is -1.42. The van der Waals surface area contributed by atoms with Crippen molar-refractivity contribution < 1.29 is 4.79 Å². The van der Waals surface area contributed by atoms with Gasteiger partial charge in [0.15, 0.2) is 0 Å². The molecule has 0 saturated heterocycles. The van der Waals surface area contributed by atoms with Gasteiger partial charge in [-0.1, -0.05) is 13.8 Å². The largest absolute Gasteiger partial charge is 0.339 e. The maximum Gasteiger partial charge on any atom is 0.222 e. The van der Waals surface area contributed by atoms with Gasteiger partial charge < -0.3 is 10.2 Å². The highest BCUT2D eigenvalue weighted by atomic mass is 16.2. The minimum Gasteiger partial charge on any atom is -0.339 e. The SMILES string of the molecule is CC(C)NCCCC(=O)N(C)C(C)c1ccncc1. The van der Waals surface area contributed by atoms with Crippen LogP contribution in [0, 0.1) is 0 Å². The predicted octanol–water partition coefficient (Wildman–Crippen LogP) is 2.38. The van der Waals surface area contributed by atoms with E-state index in [-0.39, 0.29) is 11.9 Å². The Bertz CT molecular complexity index is 378. The third-order valence-corrected chi connectivity index (χ3v) is 3.28. The summed E-state index contributed by atoms with van der Waals surface area (Å²) in [4.78, 5) is 17.9. The molecule has 4 heteroatoms. The minimum atomic E-state index is 0.0913. The third kappa shape index (κ3) is 5.39. The number of nitrogens with zero attached hydrogens (tertiary/aromatic N) is 2. The minimum absolute atomic E-state index is 0.0913. The van der Waals surface area contributed by atoms with E-state index in [1.54, 1.807) is 12.4 Å². The Labute approximate surface area is 116 Å². The number of carbonyl (C=O) groups excluding carboxylic acids is 1. The zero-order valence-corrected chi connectivity index (χ0v) is 12.4. The summed E-state index contributed by atoms with van der Waals surface area (Å²) in [7, 11) is 1.86. The lowest BCUT2D eigenvalue weighted by atomic mass is 10.1. The zero-order valence-electron chi connectivity index (χ0n) is 12.4. The van der Waals surface area contributed by atoms with E-state index < -0.39 is 0 Å². The fourth-order valence-corrected chi connectivity index (χ4v) is 1.89. The molecule has 19 heavy (non-hydrogen) atoms. The van der Waals surface area contributed by atoms with Gasteiger partial charge in [0.05, 0.1) is 6.04 Å². The maximum atomic E-state index is 12.1. The number of carbonyl (C=O) groups is 1. The lowest BCUT2D eigenvalue weighted by Gasteiger charge is -2.25. The Morgan fingerprint density at radius 3 is 2.53 bits per heavy atom. The van der Waals surface area contributed by atoms with Crippen LogP contribution in [-0.4, -0.2) is 35.4 Å². The molecule has 0 fully saturated rings. The van der Waals surface area contributed by atoms with Crippen LogP contribution in [0.1, 0.15) is 45.2 Å². The summed E-state index contributed by atoms with van der Waals surface area (Å²) in [6, 6.07) is 4.47. The molecule has 0 radical (unpaired) electrons. The molecule has 1 aromatic rings. The molecule has 1 atom stereocenters. The number of pyridine rings is 1. The Kier molecular flexibility index (Phi) is 6.50. The van der Waals surface area contributed by atoms with Gasteiger partial charge >= 0.3 is 0 Å². The van der Waals surface area contributed by atoms with Gasteiger partial charge in [-0.3, -0.25) is 9.78 Å². The van der Waals surface area contributed by atoms with E-state index >= 15 is 0 Å². The molecule has 1 amide bonds. The molecule has 106 valence electrons. The van der Waals surface area contributed by atoms with Gasteiger partial charge in [0.25, 0.3) is 0 Å². The second kappa shape index (κ2) is 7.89. The van der Waals surface area contributed by atoms with Crippen LogP contribution in [0.15, 0.2) is 24.5 Å². The van der Waals surface area contributed by atoms with Crippen molar-refractivity contribution in [2.75, 3.05) is 13.6 Å². The van der Waals surface area contributed by atoms with Crippen molar-refractivity contribution in [2.45, 2.75) is 45.7 Å². The van der Waals surface area contributed by atoms with Crippen LogP contribution < -0.4 is 5.32 Å². The van der Waals surface area contributed by atoms with Crippen LogP contribution in [0.4, 0.5) is 0 Å². The van der Waals surface area contributed by atoms with Crippen molar-refractivity contribution in [2.24, 2.45) is 0 Å². The van der Waals surface area contributed by atoms with Gasteiger partial charge in [-0.25, -0.2) is 0 Å². The first-order valence-corrected chi connectivity index (χ1v) is 6.91. The molecule has 1 unspecified atom stereocenters. The molecular formula is C15H25N3O. The first kappa shape index (κ1) is 15.6. The molecule has 0 aromatic carbocycles. The number of amides is 1. The highest BCUT2D eigenvalue weighted by Crippen LogP contribution is 2.18. The molecule has 0 aliphatic carbocycles. The van der Waals surface area contributed by atoms with Crippen LogP contribution in [0.2, 0.25) is 0 Å². The molecule has 1 aromatic heterocycles. The zero-order chi connectivity index (χ0) is 14.3. The van der Waals surface area contributed by atoms with E-state index in [1.807, 2.05) is 31.0 Å². The Morgan fingerprint density at radius 2 is 1.95 bits per heavy atom. The monoisotopic (exact) mass is 263 g/mol. The number of aromatic nitrogens is 1. The van der Waals surface area contributed by atoms with E-state index in [1.165, 1.54) is 0 Å². The van der Waals surface area contributed by atoms with E-state index in [0.717, 1.165) is 18.5 Å². The van der Waals surface area contributed by atoms with Crippen LogP contribution in [0.3, 0.4) is 0 Å². The standard InChI is InChI=1S/C15H25N3O/c1-12(2)17-9-5-6-15(19)18(4)13(3)14-7-10-16-11-8-14/h7-8,10-13,17H,5-6,9H2,1-4H3. The molecule has 0 saturated carbocycles. The van der Waals surface area contributed by atoms with Crippen molar-refractivity contribution in [3.8, 4) is 0 Å². The summed E-state index contributed by atoms with van der Waals surface area (Å²) in [5, 5.41) is 3.32. The molecule has 4 nitrogen and oxygen atoms in total. The smallest absolute Gasteiger partial charge is 0.222 e. The molecule has 0 spiro atoms. The van der Waals surface area contributed by atoms with Gasteiger partial charge in [0.2, 0.25) is 5.91 Å². The lowest BCUT2D eigenvalue weighted by molar-refractivity contribution is -0.131. The first-order valence-electron chi connectivity index (χ1n) is 6.91. The first-order chi connectivity index (χ1) is 9.02. The van der Waals surface area contributed by atoms with Gasteiger partial charge in [-0.15, -0.1) is 0 Å². The van der Waals surface area contributed by atoms with Crippen LogP contribution in [-0.2, 0) is 4.79 Å². The Morgan fingerprint density at radius 1 is 1.32 bits per heavy atom. The summed E-state index contributed by atoms with van der Waals surface area (Å²) in [6.07, 6.45) is 4.99. The average Bonchev–Trinajstić information content (AvgIpc) is 2.42. The van der Waals surface area contributed by atoms with Gasteiger partial charge in [0, 0.05) is 31.9 Å². The van der Waals surface area contributed by atoms with Crippen molar-refractivity contribution >= 4 is 5.91 Å². The normalized spacial score (nSPS) is 12.5. The van der Waals surface area contributed by atoms with Crippen LogP contribution in [0.5, 0.6) is 0 Å². The van der Waals surface area contributed by atoms with E-state index in [4.69, 9.17) is 0 Å². The van der Waals surface area contributed by atoms with E-state index in [2.05, 4.69) is 24.1 Å². The predicted molar refractivity (Wildman–Crippen MR) is 77.8 cm³/mol. The van der Waals surface area contributed by atoms with Crippen LogP contribution in [0.25, 0.3) is 0 Å². The molecule has 0 aliphatic rings. The summed E-state index contributed by atoms with van der Waals surface area (Å²) < 4.78 is 0. The van der Waals surface area contributed by atoms with Crippen molar-refractivity contribution in [3.05, 3.63) is 30.1 Å². The van der Waals surface area contributed by atoms with E-state index in [0.29, 0.717) is 12.5 Å². The number of nitrogens with one attached hydrogen (secondary N) is 1. The number of hydrogen-bond acceptors (Lipinski definition) is 3.